The number of nitrogens with zero attached hydrogens (tertiary/aromatic N) is 1. The number of fused-ring (bicyclic) bond motifs is 1. The van der Waals surface area contributed by atoms with Crippen LogP contribution in [-0.4, -0.2) is 36.4 Å². The molecule has 1 heterocycles. The molecule has 1 aromatic carbocycles. The molecule has 0 amide bonds. The monoisotopic (exact) mass is 316 g/mol. The maximum absolute atomic E-state index is 11.3. The number of phenols is 1. The van der Waals surface area contributed by atoms with Crippen molar-refractivity contribution in [3.05, 3.63) is 17.7 Å². The molecule has 118 valence electrons. The van der Waals surface area contributed by atoms with Gasteiger partial charge in [0, 0.05) is 30.3 Å². The molecular weight excluding hydrogens is 296 g/mol. The Morgan fingerprint density at radius 3 is 2.62 bits per heavy atom. The minimum Gasteiger partial charge on any atom is -0.504 e. The Labute approximate surface area is 124 Å². The van der Waals surface area contributed by atoms with Crippen molar-refractivity contribution < 1.29 is 22.9 Å². The van der Waals surface area contributed by atoms with Crippen LogP contribution in [0.2, 0.25) is 0 Å². The van der Waals surface area contributed by atoms with E-state index in [0.717, 1.165) is 0 Å². The quantitative estimate of drug-likeness (QED) is 0.568. The molecule has 0 aliphatic carbocycles. The largest absolute Gasteiger partial charge is 0.504 e. The van der Waals surface area contributed by atoms with E-state index < -0.39 is 16.0 Å². The van der Waals surface area contributed by atoms with Crippen molar-refractivity contribution in [1.82, 2.24) is 0 Å². The van der Waals surface area contributed by atoms with Crippen molar-refractivity contribution in [2.24, 2.45) is 5.90 Å². The van der Waals surface area contributed by atoms with Crippen LogP contribution in [0.1, 0.15) is 31.7 Å². The number of rotatable bonds is 3. The summed E-state index contributed by atoms with van der Waals surface area (Å²) in [7, 11) is -2.25. The number of phenolic OH excluding ortho intramolecular Hbond substituents is 1. The highest BCUT2D eigenvalue weighted by Gasteiger charge is 2.38. The normalized spacial score (nSPS) is 21.0. The van der Waals surface area contributed by atoms with Gasteiger partial charge < -0.3 is 14.8 Å². The summed E-state index contributed by atoms with van der Waals surface area (Å²) in [4.78, 5) is 6.56. The Balaban J connectivity index is 2.59. The summed E-state index contributed by atoms with van der Waals surface area (Å²) in [6.45, 7) is 3.94. The molecule has 0 bridgehead atoms. The first-order valence-corrected chi connectivity index (χ1v) is 8.09. The zero-order valence-corrected chi connectivity index (χ0v) is 13.0. The highest BCUT2D eigenvalue weighted by molar-refractivity contribution is 7.85. The van der Waals surface area contributed by atoms with Crippen molar-refractivity contribution in [3.8, 4) is 11.5 Å². The summed E-state index contributed by atoms with van der Waals surface area (Å²) in [5.74, 6) is 4.27. The minimum atomic E-state index is -4.12. The van der Waals surface area contributed by atoms with Gasteiger partial charge in [0.25, 0.3) is 10.1 Å². The van der Waals surface area contributed by atoms with E-state index in [4.69, 9.17) is 10.4 Å². The van der Waals surface area contributed by atoms with Crippen LogP contribution in [0.15, 0.2) is 12.1 Å². The lowest BCUT2D eigenvalue weighted by Crippen LogP contribution is -2.47. The second kappa shape index (κ2) is 5.04. The molecule has 1 aromatic rings. The lowest BCUT2D eigenvalue weighted by atomic mass is 9.80. The van der Waals surface area contributed by atoms with Gasteiger partial charge in [-0.3, -0.25) is 4.55 Å². The zero-order chi connectivity index (χ0) is 16.0. The Kier molecular flexibility index (Phi) is 3.81. The van der Waals surface area contributed by atoms with E-state index in [1.807, 2.05) is 25.8 Å². The molecule has 21 heavy (non-hydrogen) atoms. The summed E-state index contributed by atoms with van der Waals surface area (Å²) >= 11 is 0. The van der Waals surface area contributed by atoms with Crippen LogP contribution in [0.5, 0.6) is 11.5 Å². The van der Waals surface area contributed by atoms with Crippen LogP contribution in [-0.2, 0) is 10.1 Å². The number of hydrogen-bond acceptors (Lipinski definition) is 6. The van der Waals surface area contributed by atoms with Crippen LogP contribution in [0.25, 0.3) is 0 Å². The summed E-state index contributed by atoms with van der Waals surface area (Å²) in [6, 6.07) is 3.02. The predicted octanol–water partition coefficient (Wildman–Crippen LogP) is 1.23. The van der Waals surface area contributed by atoms with Gasteiger partial charge in [0.1, 0.15) is 0 Å². The van der Waals surface area contributed by atoms with Gasteiger partial charge in [-0.2, -0.15) is 14.3 Å². The topological polar surface area (TPSA) is 113 Å². The molecule has 7 nitrogen and oxygen atoms in total. The molecule has 1 aliphatic rings. The lowest BCUT2D eigenvalue weighted by molar-refractivity contribution is 0.310. The third-order valence-corrected chi connectivity index (χ3v) is 4.93. The highest BCUT2D eigenvalue weighted by Crippen LogP contribution is 2.46. The zero-order valence-electron chi connectivity index (χ0n) is 12.2. The van der Waals surface area contributed by atoms with Crippen LogP contribution >= 0.6 is 0 Å². The Bertz CT molecular complexity index is 657. The number of hydrogen-bond donors (Lipinski definition) is 3. The molecule has 1 aliphatic heterocycles. The van der Waals surface area contributed by atoms with Crippen molar-refractivity contribution in [2.45, 2.75) is 31.7 Å². The van der Waals surface area contributed by atoms with Gasteiger partial charge in [-0.15, -0.1) is 0 Å². The van der Waals surface area contributed by atoms with Gasteiger partial charge in [0.15, 0.2) is 11.5 Å². The van der Waals surface area contributed by atoms with E-state index in [0.29, 0.717) is 17.7 Å². The summed E-state index contributed by atoms with van der Waals surface area (Å²) < 4.78 is 31.7. The van der Waals surface area contributed by atoms with Gasteiger partial charge in [-0.25, -0.2) is 0 Å². The molecule has 1 unspecified atom stereocenters. The number of anilines is 1. The van der Waals surface area contributed by atoms with Crippen molar-refractivity contribution >= 4 is 15.8 Å². The third kappa shape index (κ3) is 3.07. The first-order valence-electron chi connectivity index (χ1n) is 6.48. The molecule has 0 saturated heterocycles. The highest BCUT2D eigenvalue weighted by atomic mass is 32.2. The van der Waals surface area contributed by atoms with Crippen molar-refractivity contribution in [1.29, 1.82) is 0 Å². The van der Waals surface area contributed by atoms with Crippen LogP contribution in [0.3, 0.4) is 0 Å². The molecular formula is C13H20N2O5S. The van der Waals surface area contributed by atoms with Crippen LogP contribution in [0, 0.1) is 0 Å². The van der Waals surface area contributed by atoms with E-state index in [1.165, 1.54) is 12.1 Å². The molecule has 2 rings (SSSR count). The first kappa shape index (κ1) is 15.9. The number of benzene rings is 1. The molecule has 0 spiro atoms. The van der Waals surface area contributed by atoms with Gasteiger partial charge >= 0.3 is 0 Å². The average Bonchev–Trinajstić information content (AvgIpc) is 2.33. The maximum atomic E-state index is 11.3. The summed E-state index contributed by atoms with van der Waals surface area (Å²) in [5, 5.41) is 9.87. The first-order chi connectivity index (χ1) is 9.55. The second-order valence-corrected chi connectivity index (χ2v) is 7.51. The van der Waals surface area contributed by atoms with Crippen molar-refractivity contribution in [2.75, 3.05) is 17.7 Å². The SMILES string of the molecule is CN1c2cc(O)c(ON)cc2C(CS(=O)(=O)O)CC1(C)C. The molecule has 1 atom stereocenters. The smallest absolute Gasteiger partial charge is 0.265 e. The number of nitrogens with two attached hydrogens (primary N) is 1. The lowest BCUT2D eigenvalue weighted by Gasteiger charge is -2.46. The van der Waals surface area contributed by atoms with E-state index in [2.05, 4.69) is 4.84 Å². The third-order valence-electron chi connectivity index (χ3n) is 4.10. The standard InChI is InChI=1S/C13H20N2O5S/c1-13(2)6-8(7-21(17,18)19)9-4-12(20-14)11(16)5-10(9)15(13)3/h4-5,8,16H,6-7,14H2,1-3H3,(H,17,18,19). The Morgan fingerprint density at radius 1 is 1.48 bits per heavy atom. The summed E-state index contributed by atoms with van der Waals surface area (Å²) in [5.41, 5.74) is 1.05. The fourth-order valence-electron chi connectivity index (χ4n) is 2.86. The molecule has 0 saturated carbocycles. The predicted molar refractivity (Wildman–Crippen MR) is 79.2 cm³/mol. The van der Waals surface area contributed by atoms with Crippen LogP contribution < -0.4 is 15.6 Å². The van der Waals surface area contributed by atoms with Gasteiger partial charge in [-0.1, -0.05) is 0 Å². The molecule has 0 radical (unpaired) electrons. The summed E-state index contributed by atoms with van der Waals surface area (Å²) in [6.07, 6.45) is 0.533. The average molecular weight is 316 g/mol. The fourth-order valence-corrected chi connectivity index (χ4v) is 3.67. The van der Waals surface area contributed by atoms with Crippen molar-refractivity contribution in [3.63, 3.8) is 0 Å². The van der Waals surface area contributed by atoms with E-state index in [9.17, 15) is 13.5 Å². The van der Waals surface area contributed by atoms with E-state index in [-0.39, 0.29) is 22.8 Å². The van der Waals surface area contributed by atoms with Gasteiger partial charge in [0.05, 0.1) is 5.75 Å². The number of aromatic hydroxyl groups is 1. The van der Waals surface area contributed by atoms with Gasteiger partial charge in [-0.05, 0) is 31.9 Å². The minimum absolute atomic E-state index is 0.0715. The fraction of sp³-hybridized carbons (Fsp3) is 0.538. The maximum Gasteiger partial charge on any atom is 0.265 e. The molecule has 0 fully saturated rings. The van der Waals surface area contributed by atoms with E-state index in [1.54, 1.807) is 0 Å². The Hall–Kier alpha value is -1.51. The molecule has 4 N–H and O–H groups in total. The molecule has 8 heteroatoms. The van der Waals surface area contributed by atoms with Gasteiger partial charge in [0.2, 0.25) is 0 Å². The Morgan fingerprint density at radius 2 is 2.10 bits per heavy atom. The van der Waals surface area contributed by atoms with E-state index >= 15 is 0 Å². The van der Waals surface area contributed by atoms with Crippen LogP contribution in [0.4, 0.5) is 5.69 Å². The second-order valence-electron chi connectivity index (χ2n) is 6.02. The molecule has 0 aromatic heterocycles.